The summed E-state index contributed by atoms with van der Waals surface area (Å²) in [4.78, 5) is 12.1. The first kappa shape index (κ1) is 20.0. The highest BCUT2D eigenvalue weighted by atomic mass is 32.1. The van der Waals surface area contributed by atoms with Gasteiger partial charge in [-0.15, -0.1) is 11.3 Å². The summed E-state index contributed by atoms with van der Waals surface area (Å²) in [5, 5.41) is 2.32. The molecular formula is C23H31N5S. The van der Waals surface area contributed by atoms with Gasteiger partial charge in [0, 0.05) is 20.3 Å². The van der Waals surface area contributed by atoms with E-state index in [1.165, 1.54) is 26.6 Å². The largest absolute Gasteiger partial charge is 0.340 e. The van der Waals surface area contributed by atoms with Crippen molar-refractivity contribution in [3.05, 3.63) is 41.7 Å². The Morgan fingerprint density at radius 2 is 1.90 bits per heavy atom. The lowest BCUT2D eigenvalue weighted by atomic mass is 9.91. The van der Waals surface area contributed by atoms with E-state index < -0.39 is 0 Å². The third-order valence-electron chi connectivity index (χ3n) is 6.13. The van der Waals surface area contributed by atoms with Gasteiger partial charge in [0.25, 0.3) is 0 Å². The van der Waals surface area contributed by atoms with E-state index in [0.717, 1.165) is 30.1 Å². The lowest BCUT2D eigenvalue weighted by Crippen LogP contribution is -2.42. The van der Waals surface area contributed by atoms with E-state index >= 15 is 0 Å². The van der Waals surface area contributed by atoms with Crippen LogP contribution in [-0.4, -0.2) is 32.3 Å². The zero-order chi connectivity index (χ0) is 20.9. The van der Waals surface area contributed by atoms with Crippen LogP contribution in [0, 0.1) is 19.8 Å². The minimum atomic E-state index is 0.334. The Hall–Kier alpha value is -2.34. The lowest BCUT2D eigenvalue weighted by Gasteiger charge is -2.35. The molecule has 0 saturated heterocycles. The highest BCUT2D eigenvalue weighted by molar-refractivity contribution is 7.19. The Morgan fingerprint density at radius 3 is 2.52 bits per heavy atom. The first-order valence-electron chi connectivity index (χ1n) is 10.5. The van der Waals surface area contributed by atoms with Crippen molar-refractivity contribution in [3.8, 4) is 21.1 Å². The molecule has 1 aliphatic heterocycles. The number of thiophene rings is 1. The van der Waals surface area contributed by atoms with Crippen molar-refractivity contribution in [2.45, 2.75) is 53.5 Å². The van der Waals surface area contributed by atoms with Gasteiger partial charge in [-0.1, -0.05) is 19.9 Å². The van der Waals surface area contributed by atoms with Gasteiger partial charge in [-0.25, -0.2) is 14.6 Å². The molecule has 154 valence electrons. The molecule has 0 radical (unpaired) electrons. The van der Waals surface area contributed by atoms with Crippen LogP contribution >= 0.6 is 11.3 Å². The summed E-state index contributed by atoms with van der Waals surface area (Å²) in [5.41, 5.74) is 6.02. The van der Waals surface area contributed by atoms with E-state index in [9.17, 15) is 0 Å². The van der Waals surface area contributed by atoms with Crippen LogP contribution in [0.25, 0.3) is 26.7 Å². The number of nitrogens with zero attached hydrogens (tertiary/aromatic N) is 5. The normalized spacial score (nSPS) is 16.5. The van der Waals surface area contributed by atoms with Crippen LogP contribution in [0.1, 0.15) is 50.7 Å². The van der Waals surface area contributed by atoms with E-state index in [1.54, 1.807) is 0 Å². The molecule has 3 aromatic heterocycles. The summed E-state index contributed by atoms with van der Waals surface area (Å²) in [7, 11) is 4.18. The molecule has 29 heavy (non-hydrogen) atoms. The smallest absolute Gasteiger partial charge is 0.155 e. The van der Waals surface area contributed by atoms with Crippen LogP contribution in [0.4, 0.5) is 0 Å². The van der Waals surface area contributed by atoms with Crippen molar-refractivity contribution < 1.29 is 0 Å². The van der Waals surface area contributed by atoms with Crippen molar-refractivity contribution in [3.63, 3.8) is 0 Å². The molecule has 0 saturated carbocycles. The summed E-state index contributed by atoms with van der Waals surface area (Å²) >= 11 is 1.81. The van der Waals surface area contributed by atoms with Crippen LogP contribution in [0.15, 0.2) is 24.7 Å². The van der Waals surface area contributed by atoms with E-state index in [-0.39, 0.29) is 0 Å². The number of likely N-dealkylation sites (N-methyl/N-ethyl adjacent to an activating group) is 1. The molecule has 0 aromatic carbocycles. The van der Waals surface area contributed by atoms with Gasteiger partial charge in [0.05, 0.1) is 33.5 Å². The molecule has 0 amide bonds. The lowest BCUT2D eigenvalue weighted by molar-refractivity contribution is 0.554. The van der Waals surface area contributed by atoms with Crippen molar-refractivity contribution >= 4 is 16.9 Å². The summed E-state index contributed by atoms with van der Waals surface area (Å²) in [6, 6.07) is 2.59. The molecule has 3 aromatic rings. The van der Waals surface area contributed by atoms with E-state index in [1.807, 2.05) is 29.3 Å². The number of rotatable bonds is 5. The number of hydrogen-bond acceptors (Lipinski definition) is 4. The molecule has 6 heteroatoms. The van der Waals surface area contributed by atoms with E-state index in [2.05, 4.69) is 74.7 Å². The van der Waals surface area contributed by atoms with Gasteiger partial charge in [-0.2, -0.15) is 0 Å². The first-order chi connectivity index (χ1) is 13.8. The topological polar surface area (TPSA) is 38.9 Å². The molecule has 0 N–H and O–H groups in total. The minimum Gasteiger partial charge on any atom is -0.340 e. The molecule has 1 atom stereocenters. The Balaban J connectivity index is 1.88. The maximum absolute atomic E-state index is 5.08. The fourth-order valence-electron chi connectivity index (χ4n) is 4.33. The third kappa shape index (κ3) is 3.23. The molecule has 1 aliphatic rings. The van der Waals surface area contributed by atoms with Crippen LogP contribution in [0.2, 0.25) is 0 Å². The van der Waals surface area contributed by atoms with Crippen molar-refractivity contribution in [1.82, 2.24) is 19.2 Å². The number of fused-ring (bicyclic) bond motifs is 1. The van der Waals surface area contributed by atoms with Crippen LogP contribution in [-0.2, 0) is 7.05 Å². The second-order valence-corrected chi connectivity index (χ2v) is 9.23. The summed E-state index contributed by atoms with van der Waals surface area (Å²) in [5.74, 6) is 1.66. The summed E-state index contributed by atoms with van der Waals surface area (Å²) in [6.45, 7) is 11.2. The first-order valence-corrected chi connectivity index (χ1v) is 11.3. The predicted molar refractivity (Wildman–Crippen MR) is 123 cm³/mol. The van der Waals surface area contributed by atoms with Gasteiger partial charge in [0.1, 0.15) is 5.69 Å². The SMILES string of the molecule is CCC(CC)C1=CC(C)N(C)n2c1nc(C)c2-c1sc(-c2cn(C)cn2)cc1C. The maximum Gasteiger partial charge on any atom is 0.155 e. The Labute approximate surface area is 177 Å². The van der Waals surface area contributed by atoms with Gasteiger partial charge < -0.3 is 9.58 Å². The highest BCUT2D eigenvalue weighted by Gasteiger charge is 2.31. The molecule has 5 nitrogen and oxygen atoms in total. The van der Waals surface area contributed by atoms with Gasteiger partial charge in [0.15, 0.2) is 5.82 Å². The Morgan fingerprint density at radius 1 is 1.17 bits per heavy atom. The number of imidazole rings is 2. The zero-order valence-electron chi connectivity index (χ0n) is 18.5. The average molecular weight is 410 g/mol. The third-order valence-corrected chi connectivity index (χ3v) is 7.39. The fraction of sp³-hybridized carbons (Fsp3) is 0.478. The number of hydrogen-bond donors (Lipinski definition) is 0. The second kappa shape index (κ2) is 7.48. The Bertz CT molecular complexity index is 1060. The van der Waals surface area contributed by atoms with Gasteiger partial charge in [-0.3, -0.25) is 0 Å². The molecule has 1 unspecified atom stereocenters. The number of aromatic nitrogens is 4. The fourth-order valence-corrected chi connectivity index (χ4v) is 5.54. The predicted octanol–water partition coefficient (Wildman–Crippen LogP) is 5.42. The van der Waals surface area contributed by atoms with Crippen molar-refractivity contribution in [1.29, 1.82) is 0 Å². The molecule has 4 rings (SSSR count). The molecule has 0 aliphatic carbocycles. The van der Waals surface area contributed by atoms with E-state index in [0.29, 0.717) is 12.0 Å². The van der Waals surface area contributed by atoms with E-state index in [4.69, 9.17) is 4.98 Å². The molecule has 0 spiro atoms. The molecule has 0 bridgehead atoms. The van der Waals surface area contributed by atoms with Gasteiger partial charge in [-0.05, 0) is 56.7 Å². The zero-order valence-corrected chi connectivity index (χ0v) is 19.3. The molecular weight excluding hydrogens is 378 g/mol. The Kier molecular flexibility index (Phi) is 5.15. The number of allylic oxidation sites excluding steroid dienone is 1. The van der Waals surface area contributed by atoms with Crippen LogP contribution in [0.5, 0.6) is 0 Å². The summed E-state index contributed by atoms with van der Waals surface area (Å²) in [6.07, 6.45) is 8.63. The van der Waals surface area contributed by atoms with Crippen LogP contribution < -0.4 is 5.01 Å². The quantitative estimate of drug-likeness (QED) is 0.565. The minimum absolute atomic E-state index is 0.334. The highest BCUT2D eigenvalue weighted by Crippen LogP contribution is 2.42. The monoisotopic (exact) mass is 409 g/mol. The molecule has 0 fully saturated rings. The average Bonchev–Trinajstić information content (AvgIpc) is 3.37. The van der Waals surface area contributed by atoms with Gasteiger partial charge in [0.2, 0.25) is 0 Å². The number of aryl methyl sites for hydroxylation is 3. The maximum atomic E-state index is 5.08. The van der Waals surface area contributed by atoms with Crippen LogP contribution in [0.3, 0.4) is 0 Å². The van der Waals surface area contributed by atoms with Gasteiger partial charge >= 0.3 is 0 Å². The standard InChI is InChI=1S/C23H31N5S/c1-8-17(9-2)18-11-15(4)27(7)28-21(16(5)25-23(18)28)22-14(3)10-20(29-22)19-12-26(6)13-24-19/h10-13,15,17H,8-9H2,1-7H3. The second-order valence-electron chi connectivity index (χ2n) is 8.18. The molecule has 4 heterocycles. The summed E-state index contributed by atoms with van der Waals surface area (Å²) < 4.78 is 4.35. The van der Waals surface area contributed by atoms with Crippen molar-refractivity contribution in [2.75, 3.05) is 12.1 Å². The van der Waals surface area contributed by atoms with Crippen molar-refractivity contribution in [2.24, 2.45) is 13.0 Å².